The molecule has 116 valence electrons. The molecular weight excluding hydrogens is 311 g/mol. The zero-order valence-corrected chi connectivity index (χ0v) is 9.37. The number of hydrogen-bond donors (Lipinski definition) is 0. The Kier molecular flexibility index (Phi) is 3.56. The molecule has 1 fully saturated rings. The number of ether oxygens (including phenoxy) is 1. The molecule has 1 aliphatic rings. The van der Waals surface area contributed by atoms with Crippen LogP contribution in [-0.2, 0) is 9.53 Å². The van der Waals surface area contributed by atoms with E-state index >= 15 is 0 Å². The van der Waals surface area contributed by atoms with Crippen molar-refractivity contribution in [1.82, 2.24) is 0 Å². The third kappa shape index (κ3) is 1.78. The Hall–Kier alpha value is -1.42. The number of carbonyl (C=O) groups excluding carboxylic acids is 1. The number of halogens is 9. The normalized spacial score (nSPS) is 27.4. The third-order valence-corrected chi connectivity index (χ3v) is 2.56. The van der Waals surface area contributed by atoms with Gasteiger partial charge >= 0.3 is 29.7 Å². The van der Waals surface area contributed by atoms with Crippen molar-refractivity contribution in [3.8, 4) is 0 Å². The van der Waals surface area contributed by atoms with Gasteiger partial charge in [-0.1, -0.05) is 0 Å². The average molecular weight is 316 g/mol. The van der Waals surface area contributed by atoms with E-state index in [4.69, 9.17) is 0 Å². The van der Waals surface area contributed by atoms with Crippen LogP contribution in [0.4, 0.5) is 39.5 Å². The van der Waals surface area contributed by atoms with Crippen molar-refractivity contribution in [3.05, 3.63) is 11.9 Å². The molecule has 0 aliphatic heterocycles. The Labute approximate surface area is 105 Å². The number of alkyl halides is 8. The lowest BCUT2D eigenvalue weighted by molar-refractivity contribution is -0.303. The Balaban J connectivity index is 3.29. The Morgan fingerprint density at radius 1 is 0.950 bits per heavy atom. The summed E-state index contributed by atoms with van der Waals surface area (Å²) in [6.45, 7) is 0.824. The molecule has 0 unspecified atom stereocenters. The van der Waals surface area contributed by atoms with Crippen LogP contribution >= 0.6 is 0 Å². The van der Waals surface area contributed by atoms with Crippen LogP contribution in [0.1, 0.15) is 6.92 Å². The monoisotopic (exact) mass is 316 g/mol. The smallest absolute Gasteiger partial charge is 0.382 e. The first-order chi connectivity index (χ1) is 8.75. The highest BCUT2D eigenvalue weighted by Gasteiger charge is 2.95. The number of esters is 1. The first kappa shape index (κ1) is 16.6. The third-order valence-electron chi connectivity index (χ3n) is 2.56. The molecule has 0 heterocycles. The highest BCUT2D eigenvalue weighted by Crippen LogP contribution is 2.63. The fraction of sp³-hybridized carbons (Fsp3) is 0.667. The van der Waals surface area contributed by atoms with E-state index in [0.29, 0.717) is 0 Å². The molecule has 0 radical (unpaired) electrons. The van der Waals surface area contributed by atoms with Gasteiger partial charge in [0.25, 0.3) is 0 Å². The molecule has 0 aromatic rings. The molecule has 1 rings (SSSR count). The van der Waals surface area contributed by atoms with Gasteiger partial charge in [-0.2, -0.15) is 39.5 Å². The van der Waals surface area contributed by atoms with Crippen LogP contribution in [0.5, 0.6) is 0 Å². The zero-order chi connectivity index (χ0) is 16.1. The van der Waals surface area contributed by atoms with Gasteiger partial charge in [0.15, 0.2) is 0 Å². The minimum atomic E-state index is -6.47. The molecule has 11 heteroatoms. The van der Waals surface area contributed by atoms with Gasteiger partial charge in [-0.15, -0.1) is 0 Å². The lowest BCUT2D eigenvalue weighted by Gasteiger charge is -2.23. The highest BCUT2D eigenvalue weighted by molar-refractivity contribution is 5.86. The van der Waals surface area contributed by atoms with Crippen molar-refractivity contribution in [1.29, 1.82) is 0 Å². The van der Waals surface area contributed by atoms with Crippen molar-refractivity contribution in [2.75, 3.05) is 0 Å². The molecule has 0 N–H and O–H groups in total. The van der Waals surface area contributed by atoms with E-state index in [1.807, 2.05) is 0 Å². The minimum Gasteiger partial charge on any atom is -0.444 e. The highest BCUT2D eigenvalue weighted by atomic mass is 19.4. The van der Waals surface area contributed by atoms with Crippen LogP contribution in [-0.4, -0.2) is 35.8 Å². The van der Waals surface area contributed by atoms with Crippen molar-refractivity contribution in [2.45, 2.75) is 36.7 Å². The summed E-state index contributed by atoms with van der Waals surface area (Å²) < 4.78 is 118. The van der Waals surface area contributed by atoms with E-state index in [1.165, 1.54) is 0 Å². The minimum absolute atomic E-state index is 0.282. The van der Waals surface area contributed by atoms with Gasteiger partial charge in [-0.05, 0) is 13.0 Å². The predicted molar refractivity (Wildman–Crippen MR) is 44.5 cm³/mol. The van der Waals surface area contributed by atoms with Crippen LogP contribution in [0.2, 0.25) is 0 Å². The largest absolute Gasteiger partial charge is 0.444 e. The van der Waals surface area contributed by atoms with Gasteiger partial charge in [0.1, 0.15) is 0 Å². The summed E-state index contributed by atoms with van der Waals surface area (Å²) in [5.74, 6) is -29.6. The number of allylic oxidation sites excluding steroid dienone is 1. The van der Waals surface area contributed by atoms with Crippen molar-refractivity contribution in [2.24, 2.45) is 0 Å². The summed E-state index contributed by atoms with van der Waals surface area (Å²) in [5, 5.41) is 0. The molecule has 0 aromatic carbocycles. The molecule has 2 nitrogen and oxygen atoms in total. The van der Waals surface area contributed by atoms with Gasteiger partial charge in [-0.3, -0.25) is 0 Å². The van der Waals surface area contributed by atoms with Crippen LogP contribution in [0, 0.1) is 0 Å². The summed E-state index contributed by atoms with van der Waals surface area (Å²) >= 11 is 0. The summed E-state index contributed by atoms with van der Waals surface area (Å²) in [6.07, 6.45) is -4.22. The quantitative estimate of drug-likeness (QED) is 0.444. The van der Waals surface area contributed by atoms with E-state index in [0.717, 1.165) is 6.92 Å². The van der Waals surface area contributed by atoms with Gasteiger partial charge < -0.3 is 4.74 Å². The Bertz CT molecular complexity index is 428. The number of hydrogen-bond acceptors (Lipinski definition) is 2. The van der Waals surface area contributed by atoms with Gasteiger partial charge in [0.05, 0.1) is 0 Å². The fourth-order valence-electron chi connectivity index (χ4n) is 1.40. The lowest BCUT2D eigenvalue weighted by atomic mass is 10.2. The van der Waals surface area contributed by atoms with Crippen molar-refractivity contribution >= 4 is 5.97 Å². The fourth-order valence-corrected chi connectivity index (χ4v) is 1.40. The average Bonchev–Trinajstić information content (AvgIpc) is 2.38. The summed E-state index contributed by atoms with van der Waals surface area (Å²) in [7, 11) is 0. The molecule has 0 amide bonds. The SMILES string of the molecule is CC=C(F)C(=O)OC1C(F)(F)C(F)(F)C(F)(F)C1(F)F. The van der Waals surface area contributed by atoms with Crippen LogP contribution in [0.25, 0.3) is 0 Å². The molecular formula is C9H5F9O2. The topological polar surface area (TPSA) is 26.3 Å². The van der Waals surface area contributed by atoms with Gasteiger partial charge in [-0.25, -0.2) is 4.79 Å². The van der Waals surface area contributed by atoms with E-state index in [9.17, 15) is 44.3 Å². The number of carbonyl (C=O) groups is 1. The molecule has 1 saturated carbocycles. The van der Waals surface area contributed by atoms with Crippen molar-refractivity contribution in [3.63, 3.8) is 0 Å². The van der Waals surface area contributed by atoms with Crippen LogP contribution in [0.15, 0.2) is 11.9 Å². The van der Waals surface area contributed by atoms with Gasteiger partial charge in [0, 0.05) is 0 Å². The first-order valence-corrected chi connectivity index (χ1v) is 4.79. The Morgan fingerprint density at radius 3 is 1.60 bits per heavy atom. The van der Waals surface area contributed by atoms with Gasteiger partial charge in [0.2, 0.25) is 11.9 Å². The maximum atomic E-state index is 13.0. The van der Waals surface area contributed by atoms with E-state index < -0.39 is 41.6 Å². The second-order valence-corrected chi connectivity index (χ2v) is 3.82. The van der Waals surface area contributed by atoms with Crippen LogP contribution in [0.3, 0.4) is 0 Å². The molecule has 0 spiro atoms. The molecule has 0 atom stereocenters. The Morgan fingerprint density at radius 2 is 1.30 bits per heavy atom. The lowest BCUT2D eigenvalue weighted by Crippen LogP contribution is -2.51. The summed E-state index contributed by atoms with van der Waals surface area (Å²) in [5.41, 5.74) is 0. The zero-order valence-electron chi connectivity index (χ0n) is 9.37. The van der Waals surface area contributed by atoms with Crippen LogP contribution < -0.4 is 0 Å². The maximum absolute atomic E-state index is 13.0. The van der Waals surface area contributed by atoms with Crippen molar-refractivity contribution < 1.29 is 49.0 Å². The van der Waals surface area contributed by atoms with E-state index in [2.05, 4.69) is 4.74 Å². The predicted octanol–water partition coefficient (Wildman–Crippen LogP) is 3.33. The summed E-state index contributed by atoms with van der Waals surface area (Å²) in [6, 6.07) is 0. The first-order valence-electron chi connectivity index (χ1n) is 4.79. The molecule has 20 heavy (non-hydrogen) atoms. The standard InChI is InChI=1S/C9H5F9O2/c1-2-3(10)4(19)20-5-6(11,12)8(15,16)9(17,18)7(5,13)14/h2,5H,1H3. The molecule has 1 aliphatic carbocycles. The van der Waals surface area contributed by atoms with E-state index in [-0.39, 0.29) is 6.08 Å². The molecule has 0 saturated heterocycles. The molecule has 0 aromatic heterocycles. The second kappa shape index (κ2) is 4.29. The summed E-state index contributed by atoms with van der Waals surface area (Å²) in [4.78, 5) is 10.7. The number of rotatable bonds is 2. The van der Waals surface area contributed by atoms with E-state index in [1.54, 1.807) is 0 Å². The molecule has 0 bridgehead atoms. The maximum Gasteiger partial charge on any atom is 0.382 e. The second-order valence-electron chi connectivity index (χ2n) is 3.82.